The Kier molecular flexibility index (Phi) is 3.61. The molecule has 1 aromatic heterocycles. The maximum atomic E-state index is 11.7. The molecule has 0 radical (unpaired) electrons. The van der Waals surface area contributed by atoms with Gasteiger partial charge in [0.05, 0.1) is 6.61 Å². The number of nitrogens with zero attached hydrogens (tertiary/aromatic N) is 5. The summed E-state index contributed by atoms with van der Waals surface area (Å²) < 4.78 is 6.05. The minimum atomic E-state index is -2.07. The number of nitrogens with two attached hydrogens (primary N) is 1. The lowest BCUT2D eigenvalue weighted by molar-refractivity contribution is -0.125. The molecule has 4 atom stereocenters. The Hall–Kier alpha value is -2.17. The molecule has 0 spiro atoms. The third-order valence-electron chi connectivity index (χ3n) is 2.97. The molecule has 2 heterocycles. The number of aliphatic hydroxyl groups is 3. The molecule has 108 valence electrons. The Balaban J connectivity index is 2.45. The van der Waals surface area contributed by atoms with Crippen molar-refractivity contribution in [1.82, 2.24) is 9.55 Å². The third kappa shape index (κ3) is 2.09. The molecule has 1 saturated heterocycles. The van der Waals surface area contributed by atoms with Crippen molar-refractivity contribution in [3.05, 3.63) is 33.2 Å². The third-order valence-corrected chi connectivity index (χ3v) is 2.97. The van der Waals surface area contributed by atoms with Crippen molar-refractivity contribution in [1.29, 1.82) is 0 Å². The molecule has 5 N–H and O–H groups in total. The molecule has 0 amide bonds. The first kappa shape index (κ1) is 14.2. The Morgan fingerprint density at radius 3 is 2.90 bits per heavy atom. The van der Waals surface area contributed by atoms with Gasteiger partial charge in [-0.25, -0.2) is 4.79 Å². The summed E-state index contributed by atoms with van der Waals surface area (Å²) in [6.07, 6.45) is -3.48. The fourth-order valence-electron chi connectivity index (χ4n) is 1.93. The molecule has 0 aliphatic carbocycles. The first-order chi connectivity index (χ1) is 9.45. The van der Waals surface area contributed by atoms with Gasteiger partial charge in [-0.1, -0.05) is 5.11 Å². The topological polar surface area (TPSA) is 180 Å². The van der Waals surface area contributed by atoms with Gasteiger partial charge < -0.3 is 25.8 Å². The molecular formula is C9H12N6O5. The summed E-state index contributed by atoms with van der Waals surface area (Å²) in [7, 11) is 0. The van der Waals surface area contributed by atoms with Crippen LogP contribution in [0, 0.1) is 0 Å². The number of aliphatic hydroxyl groups excluding tert-OH is 3. The van der Waals surface area contributed by atoms with Gasteiger partial charge in [-0.2, -0.15) is 4.98 Å². The van der Waals surface area contributed by atoms with Crippen LogP contribution in [0.25, 0.3) is 10.4 Å². The Labute approximate surface area is 111 Å². The van der Waals surface area contributed by atoms with E-state index in [9.17, 15) is 20.1 Å². The summed E-state index contributed by atoms with van der Waals surface area (Å²) in [4.78, 5) is 17.6. The zero-order valence-corrected chi connectivity index (χ0v) is 10.1. The van der Waals surface area contributed by atoms with Gasteiger partial charge in [-0.3, -0.25) is 4.57 Å². The maximum Gasteiger partial charge on any atom is 0.351 e. The maximum absolute atomic E-state index is 11.7. The van der Waals surface area contributed by atoms with Crippen LogP contribution in [0.2, 0.25) is 0 Å². The van der Waals surface area contributed by atoms with Crippen molar-refractivity contribution in [2.45, 2.75) is 24.2 Å². The molecule has 0 bridgehead atoms. The molecule has 1 aliphatic rings. The summed E-state index contributed by atoms with van der Waals surface area (Å²) in [5, 5.41) is 32.2. The number of anilines is 1. The van der Waals surface area contributed by atoms with E-state index in [1.54, 1.807) is 0 Å². The Morgan fingerprint density at radius 1 is 1.65 bits per heavy atom. The van der Waals surface area contributed by atoms with Crippen LogP contribution in [-0.2, 0) is 4.74 Å². The summed E-state index contributed by atoms with van der Waals surface area (Å²) in [6.45, 7) is -0.872. The summed E-state index contributed by atoms with van der Waals surface area (Å²) in [6, 6.07) is 1.29. The van der Waals surface area contributed by atoms with Crippen LogP contribution in [0.3, 0.4) is 0 Å². The quantitative estimate of drug-likeness (QED) is 0.283. The first-order valence-electron chi connectivity index (χ1n) is 5.51. The zero-order chi connectivity index (χ0) is 14.9. The van der Waals surface area contributed by atoms with Crippen LogP contribution >= 0.6 is 0 Å². The SMILES string of the molecule is [N-]=[N+]=N[C@]1(CO)OC(n2ccc(N)nc2=O)[C@@H](O)[C@@H]1O. The monoisotopic (exact) mass is 284 g/mol. The highest BCUT2D eigenvalue weighted by molar-refractivity contribution is 5.23. The fraction of sp³-hybridized carbons (Fsp3) is 0.556. The van der Waals surface area contributed by atoms with Gasteiger partial charge >= 0.3 is 5.69 Å². The number of hydrogen-bond donors (Lipinski definition) is 4. The summed E-state index contributed by atoms with van der Waals surface area (Å²) >= 11 is 0. The molecule has 11 heteroatoms. The molecule has 11 nitrogen and oxygen atoms in total. The highest BCUT2D eigenvalue weighted by Crippen LogP contribution is 2.37. The fourth-order valence-corrected chi connectivity index (χ4v) is 1.93. The van der Waals surface area contributed by atoms with E-state index in [0.717, 1.165) is 4.57 Å². The highest BCUT2D eigenvalue weighted by Gasteiger charge is 2.54. The minimum Gasteiger partial charge on any atom is -0.393 e. The van der Waals surface area contributed by atoms with Crippen LogP contribution in [0.15, 0.2) is 22.2 Å². The van der Waals surface area contributed by atoms with E-state index in [2.05, 4.69) is 15.0 Å². The average molecular weight is 284 g/mol. The summed E-state index contributed by atoms with van der Waals surface area (Å²) in [5.74, 6) is -0.0252. The zero-order valence-electron chi connectivity index (χ0n) is 10.1. The molecule has 2 rings (SSSR count). The molecule has 1 unspecified atom stereocenters. The lowest BCUT2D eigenvalue weighted by Crippen LogP contribution is -2.44. The van der Waals surface area contributed by atoms with Crippen molar-refractivity contribution in [3.63, 3.8) is 0 Å². The van der Waals surface area contributed by atoms with E-state index in [1.807, 2.05) is 0 Å². The van der Waals surface area contributed by atoms with Crippen molar-refractivity contribution >= 4 is 5.82 Å². The number of aromatic nitrogens is 2. The van der Waals surface area contributed by atoms with Crippen LogP contribution < -0.4 is 11.4 Å². The molecule has 20 heavy (non-hydrogen) atoms. The lowest BCUT2D eigenvalue weighted by atomic mass is 10.1. The van der Waals surface area contributed by atoms with Crippen LogP contribution in [0.1, 0.15) is 6.23 Å². The predicted molar refractivity (Wildman–Crippen MR) is 64.0 cm³/mol. The van der Waals surface area contributed by atoms with Gasteiger partial charge in [0.1, 0.15) is 18.0 Å². The Morgan fingerprint density at radius 2 is 2.35 bits per heavy atom. The minimum absolute atomic E-state index is 0.0252. The smallest absolute Gasteiger partial charge is 0.351 e. The summed E-state index contributed by atoms with van der Waals surface area (Å²) in [5.41, 5.74) is 10.9. The van der Waals surface area contributed by atoms with E-state index < -0.39 is 36.5 Å². The van der Waals surface area contributed by atoms with Gasteiger partial charge in [0.25, 0.3) is 0 Å². The van der Waals surface area contributed by atoms with E-state index in [4.69, 9.17) is 16.0 Å². The van der Waals surface area contributed by atoms with Crippen molar-refractivity contribution < 1.29 is 20.1 Å². The van der Waals surface area contributed by atoms with E-state index in [1.165, 1.54) is 12.3 Å². The number of nitrogen functional groups attached to an aromatic ring is 1. The molecule has 1 aliphatic heterocycles. The number of ether oxygens (including phenoxy) is 1. The highest BCUT2D eigenvalue weighted by atomic mass is 16.6. The van der Waals surface area contributed by atoms with Crippen LogP contribution in [0.5, 0.6) is 0 Å². The van der Waals surface area contributed by atoms with Crippen molar-refractivity contribution in [2.24, 2.45) is 5.11 Å². The number of hydrogen-bond acceptors (Lipinski definition) is 8. The first-order valence-corrected chi connectivity index (χ1v) is 5.51. The number of rotatable bonds is 3. The van der Waals surface area contributed by atoms with Gasteiger partial charge in [0, 0.05) is 11.1 Å². The second kappa shape index (κ2) is 5.07. The van der Waals surface area contributed by atoms with Crippen molar-refractivity contribution in [3.8, 4) is 0 Å². The predicted octanol–water partition coefficient (Wildman–Crippen LogP) is -1.92. The van der Waals surface area contributed by atoms with Gasteiger partial charge in [-0.05, 0) is 11.6 Å². The lowest BCUT2D eigenvalue weighted by Gasteiger charge is -2.23. The van der Waals surface area contributed by atoms with Crippen LogP contribution in [0.4, 0.5) is 5.82 Å². The van der Waals surface area contributed by atoms with E-state index >= 15 is 0 Å². The molecule has 1 fully saturated rings. The average Bonchev–Trinajstić information content (AvgIpc) is 2.65. The molecule has 0 saturated carbocycles. The molecular weight excluding hydrogens is 272 g/mol. The number of azide groups is 1. The van der Waals surface area contributed by atoms with Crippen LogP contribution in [-0.4, -0.2) is 49.4 Å². The molecule has 0 aromatic carbocycles. The standard InChI is InChI=1S/C9H12N6O5/c10-4-1-2-15(8(19)12-4)7-5(17)6(18)9(3-16,20-7)13-14-11/h1-2,5-7,16-18H,3H2,(H2,10,12,19)/t5-,6-,7?,9+/m0/s1. The van der Waals surface area contributed by atoms with E-state index in [0.29, 0.717) is 0 Å². The van der Waals surface area contributed by atoms with Gasteiger partial charge in [0.2, 0.25) is 5.72 Å². The van der Waals surface area contributed by atoms with Crippen molar-refractivity contribution in [2.75, 3.05) is 12.3 Å². The van der Waals surface area contributed by atoms with Gasteiger partial charge in [-0.15, -0.1) is 0 Å². The van der Waals surface area contributed by atoms with Gasteiger partial charge in [0.15, 0.2) is 6.23 Å². The second-order valence-electron chi connectivity index (χ2n) is 4.18. The second-order valence-corrected chi connectivity index (χ2v) is 4.18. The molecule has 1 aromatic rings. The Bertz CT molecular complexity index is 613. The largest absolute Gasteiger partial charge is 0.393 e. The van der Waals surface area contributed by atoms with E-state index in [-0.39, 0.29) is 5.82 Å². The normalized spacial score (nSPS) is 32.9.